The molecule has 1 aliphatic carbocycles. The van der Waals surface area contributed by atoms with Crippen molar-refractivity contribution < 1.29 is 28.4 Å². The predicted octanol–water partition coefficient (Wildman–Crippen LogP) is 13.8. The van der Waals surface area contributed by atoms with E-state index in [0.717, 1.165) is 61.0 Å². The van der Waals surface area contributed by atoms with Gasteiger partial charge in [-0.25, -0.2) is 0 Å². The van der Waals surface area contributed by atoms with Gasteiger partial charge >= 0.3 is 0 Å². The topological polar surface area (TPSA) is 55.4 Å². The summed E-state index contributed by atoms with van der Waals surface area (Å²) in [7, 11) is 5.15. The van der Waals surface area contributed by atoms with Gasteiger partial charge in [0.1, 0.15) is 23.0 Å². The maximum Gasteiger partial charge on any atom is 0.168 e. The summed E-state index contributed by atoms with van der Waals surface area (Å²) in [4.78, 5) is 0. The normalized spacial score (nSPS) is 17.2. The molecule has 1 saturated heterocycles. The lowest BCUT2D eigenvalue weighted by molar-refractivity contribution is -0.304. The zero-order chi connectivity index (χ0) is 46.7. The van der Waals surface area contributed by atoms with Crippen molar-refractivity contribution in [1.82, 2.24) is 0 Å². The number of rotatable bonds is 16. The first-order chi connectivity index (χ1) is 31.3. The molecule has 8 heteroatoms. The Morgan fingerprint density at radius 2 is 0.677 bits per heavy atom. The van der Waals surface area contributed by atoms with Crippen LogP contribution in [0.1, 0.15) is 172 Å². The van der Waals surface area contributed by atoms with E-state index in [4.69, 9.17) is 28.4 Å². The molecule has 0 N–H and O–H groups in total. The Kier molecular flexibility index (Phi) is 18.7. The quantitative estimate of drug-likeness (QED) is 0.104. The molecule has 0 atom stereocenters. The van der Waals surface area contributed by atoms with Gasteiger partial charge < -0.3 is 28.4 Å². The van der Waals surface area contributed by atoms with Gasteiger partial charge in [0.25, 0.3) is 0 Å². The molecule has 65 heavy (non-hydrogen) atoms. The van der Waals surface area contributed by atoms with Crippen LogP contribution in [0.25, 0.3) is 0 Å². The third-order valence-electron chi connectivity index (χ3n) is 14.0. The van der Waals surface area contributed by atoms with Crippen molar-refractivity contribution in [2.45, 2.75) is 155 Å². The SMILES string of the molecule is COc1cc(C(C)C)ccc1P(CC1(CP(c2ccc(C(C)C)cc2OC)c2ccc(C(C)C)cc2OC)COC2(CCCCCCCCCCC2)OC1)c1ccc(C(C)C)cc1OC. The van der Waals surface area contributed by atoms with Crippen LogP contribution in [0.4, 0.5) is 0 Å². The Bertz CT molecular complexity index is 1860. The van der Waals surface area contributed by atoms with Crippen LogP contribution in [0.2, 0.25) is 0 Å². The van der Waals surface area contributed by atoms with Crippen LogP contribution in [0.3, 0.4) is 0 Å². The first-order valence-electron chi connectivity index (χ1n) is 24.8. The zero-order valence-corrected chi connectivity index (χ0v) is 44.0. The van der Waals surface area contributed by atoms with Crippen molar-refractivity contribution in [2.75, 3.05) is 54.0 Å². The second-order valence-corrected chi connectivity index (χ2v) is 24.5. The Morgan fingerprint density at radius 1 is 0.415 bits per heavy atom. The molecule has 2 fully saturated rings. The zero-order valence-electron chi connectivity index (χ0n) is 42.2. The molecule has 0 bridgehead atoms. The lowest BCUT2D eigenvalue weighted by atomic mass is 9.91. The number of benzene rings is 4. The first kappa shape index (κ1) is 51.3. The van der Waals surface area contributed by atoms with Crippen molar-refractivity contribution in [1.29, 1.82) is 0 Å². The molecule has 0 aromatic heterocycles. The number of hydrogen-bond donors (Lipinski definition) is 0. The van der Waals surface area contributed by atoms with Gasteiger partial charge in [0.15, 0.2) is 5.79 Å². The molecule has 0 unspecified atom stereocenters. The molecule has 0 radical (unpaired) electrons. The van der Waals surface area contributed by atoms with Gasteiger partial charge in [-0.1, -0.05) is 149 Å². The van der Waals surface area contributed by atoms with E-state index in [-0.39, 0.29) is 0 Å². The molecular formula is C57H82O6P2. The summed E-state index contributed by atoms with van der Waals surface area (Å²) in [6, 6.07) is 27.6. The van der Waals surface area contributed by atoms with Crippen LogP contribution in [-0.2, 0) is 9.47 Å². The number of methoxy groups -OCH3 is 4. The highest BCUT2D eigenvalue weighted by atomic mass is 31.1. The standard InChI is InChI=1S/C57H82O6P2/c1-40(2)44-22-26-52(48(32-44)58-9)64(53-27-23-45(41(3)4)33-49(53)59-10)38-56(36-62-57(63-37-56)30-20-18-16-14-13-15-17-19-21-31-57)39-65(54-28-24-46(42(5)6)34-50(54)60-11)55-29-25-47(43(7)8)35-51(55)61-12/h22-29,32-35,40-43H,13-21,30-31,36-39H2,1-12H3. The van der Waals surface area contributed by atoms with Gasteiger partial charge in [-0.2, -0.15) is 0 Å². The number of hydrogen-bond acceptors (Lipinski definition) is 6. The van der Waals surface area contributed by atoms with Crippen LogP contribution in [0.5, 0.6) is 23.0 Å². The number of ether oxygens (including phenoxy) is 6. The lowest BCUT2D eigenvalue weighted by Crippen LogP contribution is -2.53. The van der Waals surface area contributed by atoms with Crippen LogP contribution in [0.15, 0.2) is 72.8 Å². The highest BCUT2D eigenvalue weighted by molar-refractivity contribution is 7.74. The van der Waals surface area contributed by atoms with E-state index < -0.39 is 27.0 Å². The van der Waals surface area contributed by atoms with Gasteiger partial charge in [-0.3, -0.25) is 0 Å². The van der Waals surface area contributed by atoms with E-state index in [2.05, 4.69) is 128 Å². The van der Waals surface area contributed by atoms with Crippen molar-refractivity contribution in [3.05, 3.63) is 95.1 Å². The molecule has 6 rings (SSSR count). The molecule has 1 heterocycles. The van der Waals surface area contributed by atoms with Gasteiger partial charge in [0, 0.05) is 39.5 Å². The fraction of sp³-hybridized carbons (Fsp3) is 0.579. The van der Waals surface area contributed by atoms with Crippen LogP contribution in [0, 0.1) is 5.41 Å². The average Bonchev–Trinajstić information content (AvgIpc) is 3.31. The first-order valence-corrected chi connectivity index (χ1v) is 27.9. The Hall–Kier alpha value is -3.14. The smallest absolute Gasteiger partial charge is 0.168 e. The second-order valence-electron chi connectivity index (χ2n) is 20.2. The van der Waals surface area contributed by atoms with E-state index >= 15 is 0 Å². The summed E-state index contributed by atoms with van der Waals surface area (Å²) in [6.45, 7) is 19.2. The van der Waals surface area contributed by atoms with E-state index in [1.54, 1.807) is 0 Å². The fourth-order valence-electron chi connectivity index (χ4n) is 9.70. The molecule has 1 spiro atoms. The molecule has 4 aromatic rings. The third-order valence-corrected chi connectivity index (χ3v) is 19.8. The van der Waals surface area contributed by atoms with Gasteiger partial charge in [-0.15, -0.1) is 0 Å². The van der Waals surface area contributed by atoms with Crippen molar-refractivity contribution in [3.8, 4) is 23.0 Å². The predicted molar refractivity (Wildman–Crippen MR) is 278 cm³/mol. The summed E-state index contributed by atoms with van der Waals surface area (Å²) in [5.74, 6) is 4.63. The summed E-state index contributed by atoms with van der Waals surface area (Å²) in [5.41, 5.74) is 4.67. The van der Waals surface area contributed by atoms with Crippen LogP contribution < -0.4 is 40.2 Å². The van der Waals surface area contributed by atoms with Crippen molar-refractivity contribution in [2.24, 2.45) is 5.41 Å². The summed E-state index contributed by atoms with van der Waals surface area (Å²) in [6.07, 6.45) is 14.8. The Balaban J connectivity index is 1.57. The summed E-state index contributed by atoms with van der Waals surface area (Å²) >= 11 is 0. The Morgan fingerprint density at radius 3 is 0.923 bits per heavy atom. The van der Waals surface area contributed by atoms with Gasteiger partial charge in [0.05, 0.1) is 41.7 Å². The maximum atomic E-state index is 7.47. The molecule has 1 aliphatic heterocycles. The molecule has 0 amide bonds. The largest absolute Gasteiger partial charge is 0.496 e. The molecular weight excluding hydrogens is 843 g/mol. The van der Waals surface area contributed by atoms with Gasteiger partial charge in [0.2, 0.25) is 0 Å². The molecule has 356 valence electrons. The summed E-state index contributed by atoms with van der Waals surface area (Å²) in [5, 5.41) is 4.87. The van der Waals surface area contributed by atoms with Crippen LogP contribution in [-0.4, -0.2) is 59.8 Å². The minimum absolute atomic E-state index is 0.371. The van der Waals surface area contributed by atoms with E-state index in [0.29, 0.717) is 36.9 Å². The minimum atomic E-state index is -1.07. The van der Waals surface area contributed by atoms with Crippen LogP contribution >= 0.6 is 15.8 Å². The monoisotopic (exact) mass is 925 g/mol. The van der Waals surface area contributed by atoms with E-state index in [1.807, 2.05) is 28.4 Å². The average molecular weight is 925 g/mol. The van der Waals surface area contributed by atoms with Crippen molar-refractivity contribution in [3.63, 3.8) is 0 Å². The minimum Gasteiger partial charge on any atom is -0.496 e. The highest BCUT2D eigenvalue weighted by Gasteiger charge is 2.48. The fourth-order valence-corrected chi connectivity index (χ4v) is 15.7. The van der Waals surface area contributed by atoms with E-state index in [9.17, 15) is 0 Å². The molecule has 1 saturated carbocycles. The molecule has 2 aliphatic rings. The Labute approximate surface area is 396 Å². The highest BCUT2D eigenvalue weighted by Crippen LogP contribution is 2.54. The maximum absolute atomic E-state index is 7.47. The van der Waals surface area contributed by atoms with E-state index in [1.165, 1.54) is 88.4 Å². The molecule has 4 aromatic carbocycles. The van der Waals surface area contributed by atoms with Crippen molar-refractivity contribution >= 4 is 37.1 Å². The van der Waals surface area contributed by atoms with Gasteiger partial charge in [-0.05, 0) is 111 Å². The summed E-state index contributed by atoms with van der Waals surface area (Å²) < 4.78 is 40.5. The lowest BCUT2D eigenvalue weighted by Gasteiger charge is -2.49. The second kappa shape index (κ2) is 23.7. The third kappa shape index (κ3) is 12.7. The molecule has 6 nitrogen and oxygen atoms in total.